The molecule has 0 unspecified atom stereocenters. The van der Waals surface area contributed by atoms with Crippen LogP contribution in [0.15, 0.2) is 72.8 Å². The van der Waals surface area contributed by atoms with Crippen LogP contribution in [0.5, 0.6) is 23.0 Å². The van der Waals surface area contributed by atoms with E-state index >= 15 is 0 Å². The molecule has 0 aliphatic rings. The Morgan fingerprint density at radius 2 is 1.39 bits per heavy atom. The van der Waals surface area contributed by atoms with Crippen LogP contribution in [0.4, 0.5) is 0 Å². The van der Waals surface area contributed by atoms with Gasteiger partial charge in [0, 0.05) is 6.07 Å². The van der Waals surface area contributed by atoms with Crippen LogP contribution in [0.1, 0.15) is 15.9 Å². The number of hydrogen-bond acceptors (Lipinski definition) is 5. The number of benzene rings is 3. The summed E-state index contributed by atoms with van der Waals surface area (Å²) in [5.74, 6) is 2.23. The Balaban J connectivity index is 1.55. The Morgan fingerprint density at radius 1 is 0.750 bits per heavy atom. The minimum absolute atomic E-state index is 0.0904. The number of rotatable bonds is 9. The van der Waals surface area contributed by atoms with Crippen molar-refractivity contribution in [3.8, 4) is 23.0 Å². The van der Waals surface area contributed by atoms with E-state index in [4.69, 9.17) is 18.9 Å². The fourth-order valence-corrected chi connectivity index (χ4v) is 2.63. The van der Waals surface area contributed by atoms with Crippen LogP contribution in [-0.2, 0) is 6.61 Å². The van der Waals surface area contributed by atoms with E-state index in [1.807, 2.05) is 42.5 Å². The Labute approximate surface area is 164 Å². The van der Waals surface area contributed by atoms with E-state index in [0.717, 1.165) is 11.3 Å². The molecule has 0 atom stereocenters. The molecule has 0 radical (unpaired) electrons. The summed E-state index contributed by atoms with van der Waals surface area (Å²) in [6.07, 6.45) is 0. The molecule has 0 bridgehead atoms. The summed E-state index contributed by atoms with van der Waals surface area (Å²) in [5.41, 5.74) is 1.55. The van der Waals surface area contributed by atoms with Crippen molar-refractivity contribution in [3.63, 3.8) is 0 Å². The second-order valence-corrected chi connectivity index (χ2v) is 6.02. The largest absolute Gasteiger partial charge is 0.497 e. The third-order valence-corrected chi connectivity index (χ3v) is 4.15. The number of hydrogen-bond donors (Lipinski definition) is 0. The highest BCUT2D eigenvalue weighted by Crippen LogP contribution is 2.25. The van der Waals surface area contributed by atoms with Crippen LogP contribution in [0.3, 0.4) is 0 Å². The lowest BCUT2D eigenvalue weighted by molar-refractivity contribution is 0.0918. The molecule has 0 aliphatic heterocycles. The quantitative estimate of drug-likeness (QED) is 0.512. The number of methoxy groups -OCH3 is 2. The molecule has 0 saturated heterocycles. The van der Waals surface area contributed by atoms with Gasteiger partial charge in [-0.1, -0.05) is 30.3 Å². The van der Waals surface area contributed by atoms with Crippen molar-refractivity contribution in [2.45, 2.75) is 6.61 Å². The van der Waals surface area contributed by atoms with Gasteiger partial charge in [-0.15, -0.1) is 0 Å². The van der Waals surface area contributed by atoms with Gasteiger partial charge in [-0.2, -0.15) is 0 Å². The Bertz CT molecular complexity index is 904. The first-order chi connectivity index (χ1) is 13.7. The van der Waals surface area contributed by atoms with Gasteiger partial charge in [-0.05, 0) is 42.0 Å². The molecular formula is C23H22O5. The highest BCUT2D eigenvalue weighted by atomic mass is 16.5. The van der Waals surface area contributed by atoms with Crippen LogP contribution >= 0.6 is 0 Å². The van der Waals surface area contributed by atoms with Crippen molar-refractivity contribution in [2.24, 2.45) is 0 Å². The van der Waals surface area contributed by atoms with Gasteiger partial charge in [0.1, 0.15) is 29.6 Å². The summed E-state index contributed by atoms with van der Waals surface area (Å²) >= 11 is 0. The molecule has 3 rings (SSSR count). The maximum absolute atomic E-state index is 12.5. The highest BCUT2D eigenvalue weighted by Gasteiger charge is 2.14. The minimum atomic E-state index is -0.177. The normalized spacial score (nSPS) is 10.2. The molecule has 0 aromatic heterocycles. The van der Waals surface area contributed by atoms with Crippen LogP contribution in [-0.4, -0.2) is 26.6 Å². The smallest absolute Gasteiger partial charge is 0.203 e. The molecule has 3 aromatic rings. The van der Waals surface area contributed by atoms with E-state index in [1.54, 1.807) is 37.4 Å². The standard InChI is InChI=1S/C23H22O5/c1-25-20-12-13-21(23(14-20)26-2)22(24)16-28-19-10-8-18(9-11-19)27-15-17-6-4-3-5-7-17/h3-14H,15-16H2,1-2H3. The van der Waals surface area contributed by atoms with Gasteiger partial charge in [0.2, 0.25) is 5.78 Å². The summed E-state index contributed by atoms with van der Waals surface area (Å²) in [5, 5.41) is 0. The van der Waals surface area contributed by atoms with Crippen LogP contribution in [0.2, 0.25) is 0 Å². The molecular weight excluding hydrogens is 356 g/mol. The Kier molecular flexibility index (Phi) is 6.52. The maximum atomic E-state index is 12.5. The minimum Gasteiger partial charge on any atom is -0.497 e. The molecule has 0 saturated carbocycles. The third kappa shape index (κ3) is 5.04. The molecule has 0 amide bonds. The molecule has 0 aliphatic carbocycles. The predicted molar refractivity (Wildman–Crippen MR) is 107 cm³/mol. The topological polar surface area (TPSA) is 54.0 Å². The van der Waals surface area contributed by atoms with E-state index in [2.05, 4.69) is 0 Å². The average Bonchev–Trinajstić information content (AvgIpc) is 2.77. The monoisotopic (exact) mass is 378 g/mol. The summed E-state index contributed by atoms with van der Waals surface area (Å²) in [6.45, 7) is 0.406. The first kappa shape index (κ1) is 19.3. The lowest BCUT2D eigenvalue weighted by Gasteiger charge is -2.11. The van der Waals surface area contributed by atoms with Crippen molar-refractivity contribution in [2.75, 3.05) is 20.8 Å². The van der Waals surface area contributed by atoms with Crippen molar-refractivity contribution in [1.29, 1.82) is 0 Å². The van der Waals surface area contributed by atoms with Gasteiger partial charge in [-0.3, -0.25) is 4.79 Å². The molecule has 0 spiro atoms. The molecule has 0 heterocycles. The SMILES string of the molecule is COc1ccc(C(=O)COc2ccc(OCc3ccccc3)cc2)c(OC)c1. The van der Waals surface area contributed by atoms with Gasteiger partial charge < -0.3 is 18.9 Å². The zero-order valence-electron chi connectivity index (χ0n) is 15.9. The van der Waals surface area contributed by atoms with E-state index < -0.39 is 0 Å². The van der Waals surface area contributed by atoms with Gasteiger partial charge >= 0.3 is 0 Å². The fraction of sp³-hybridized carbons (Fsp3) is 0.174. The number of Topliss-reactive ketones (excluding diaryl/α,β-unsaturated/α-hetero) is 1. The number of carbonyl (C=O) groups is 1. The van der Waals surface area contributed by atoms with Crippen molar-refractivity contribution in [1.82, 2.24) is 0 Å². The van der Waals surface area contributed by atoms with Gasteiger partial charge in [-0.25, -0.2) is 0 Å². The molecule has 0 N–H and O–H groups in total. The maximum Gasteiger partial charge on any atom is 0.203 e. The lowest BCUT2D eigenvalue weighted by atomic mass is 10.1. The predicted octanol–water partition coefficient (Wildman–Crippen LogP) is 4.54. The fourth-order valence-electron chi connectivity index (χ4n) is 2.63. The Morgan fingerprint density at radius 3 is 2.04 bits per heavy atom. The van der Waals surface area contributed by atoms with E-state index in [-0.39, 0.29) is 12.4 Å². The lowest BCUT2D eigenvalue weighted by Crippen LogP contribution is -2.12. The third-order valence-electron chi connectivity index (χ3n) is 4.15. The number of ketones is 1. The molecule has 5 nitrogen and oxygen atoms in total. The van der Waals surface area contributed by atoms with Crippen LogP contribution < -0.4 is 18.9 Å². The second-order valence-electron chi connectivity index (χ2n) is 6.02. The average molecular weight is 378 g/mol. The van der Waals surface area contributed by atoms with Crippen molar-refractivity contribution >= 4 is 5.78 Å². The summed E-state index contributed by atoms with van der Waals surface area (Å²) < 4.78 is 21.8. The summed E-state index contributed by atoms with van der Waals surface area (Å²) in [4.78, 5) is 12.5. The van der Waals surface area contributed by atoms with Crippen LogP contribution in [0.25, 0.3) is 0 Å². The Hall–Kier alpha value is -3.47. The first-order valence-electron chi connectivity index (χ1n) is 8.84. The molecule has 144 valence electrons. The van der Waals surface area contributed by atoms with Gasteiger partial charge in [0.25, 0.3) is 0 Å². The summed E-state index contributed by atoms with van der Waals surface area (Å²) in [7, 11) is 3.08. The van der Waals surface area contributed by atoms with E-state index in [1.165, 1.54) is 7.11 Å². The molecule has 0 fully saturated rings. The number of ether oxygens (including phenoxy) is 4. The number of carbonyl (C=O) groups excluding carboxylic acids is 1. The van der Waals surface area contributed by atoms with Gasteiger partial charge in [0.05, 0.1) is 19.8 Å². The molecule has 3 aromatic carbocycles. The van der Waals surface area contributed by atoms with Gasteiger partial charge in [0.15, 0.2) is 6.61 Å². The molecule has 28 heavy (non-hydrogen) atoms. The summed E-state index contributed by atoms with van der Waals surface area (Å²) in [6, 6.07) is 22.2. The van der Waals surface area contributed by atoms with Crippen LogP contribution in [0, 0.1) is 0 Å². The second kappa shape index (κ2) is 9.46. The van der Waals surface area contributed by atoms with E-state index in [9.17, 15) is 4.79 Å². The van der Waals surface area contributed by atoms with Crippen molar-refractivity contribution < 1.29 is 23.7 Å². The van der Waals surface area contributed by atoms with Crippen molar-refractivity contribution in [3.05, 3.63) is 83.9 Å². The highest BCUT2D eigenvalue weighted by molar-refractivity contribution is 6.00. The zero-order chi connectivity index (χ0) is 19.8. The molecule has 5 heteroatoms. The zero-order valence-corrected chi connectivity index (χ0v) is 15.9. The first-order valence-corrected chi connectivity index (χ1v) is 8.84. The van der Waals surface area contributed by atoms with E-state index in [0.29, 0.717) is 29.4 Å².